The van der Waals surface area contributed by atoms with Crippen molar-refractivity contribution in [3.63, 3.8) is 0 Å². The first-order valence-corrected chi connectivity index (χ1v) is 8.09. The lowest BCUT2D eigenvalue weighted by molar-refractivity contribution is 0.331. The summed E-state index contributed by atoms with van der Waals surface area (Å²) in [6.45, 7) is 4.36. The van der Waals surface area contributed by atoms with Crippen LogP contribution in [0.1, 0.15) is 63.2 Å². The Hall–Kier alpha value is -1.09. The monoisotopic (exact) mass is 291 g/mol. The third-order valence-electron chi connectivity index (χ3n) is 4.48. The van der Waals surface area contributed by atoms with E-state index in [1.807, 2.05) is 25.3 Å². The molecule has 1 aliphatic carbocycles. The lowest BCUT2D eigenvalue weighted by Gasteiger charge is -2.26. The van der Waals surface area contributed by atoms with E-state index in [1.54, 1.807) is 0 Å². The van der Waals surface area contributed by atoms with Gasteiger partial charge in [0.25, 0.3) is 0 Å². The van der Waals surface area contributed by atoms with Gasteiger partial charge in [0.1, 0.15) is 11.3 Å². The maximum atomic E-state index is 6.38. The van der Waals surface area contributed by atoms with Gasteiger partial charge >= 0.3 is 0 Å². The van der Waals surface area contributed by atoms with Crippen LogP contribution in [0, 0.1) is 5.92 Å². The summed E-state index contributed by atoms with van der Waals surface area (Å²) in [4.78, 5) is 9.29. The van der Waals surface area contributed by atoms with Crippen LogP contribution >= 0.6 is 11.6 Å². The molecular weight excluding hydrogens is 270 g/mol. The third kappa shape index (κ3) is 2.44. The number of hydrogen-bond donors (Lipinski definition) is 0. The molecule has 0 aromatic carbocycles. The number of aromatic nitrogens is 3. The van der Waals surface area contributed by atoms with Crippen LogP contribution in [0.4, 0.5) is 0 Å². The van der Waals surface area contributed by atoms with Gasteiger partial charge < -0.3 is 4.57 Å². The number of fused-ring (bicyclic) bond motifs is 1. The van der Waals surface area contributed by atoms with Crippen molar-refractivity contribution in [1.29, 1.82) is 0 Å². The highest BCUT2D eigenvalue weighted by atomic mass is 35.5. The fourth-order valence-electron chi connectivity index (χ4n) is 3.41. The van der Waals surface area contributed by atoms with Crippen molar-refractivity contribution < 1.29 is 0 Å². The van der Waals surface area contributed by atoms with Gasteiger partial charge in [-0.3, -0.25) is 0 Å². The molecule has 1 fully saturated rings. The fraction of sp³-hybridized carbons (Fsp3) is 0.625. The van der Waals surface area contributed by atoms with Crippen molar-refractivity contribution in [3.8, 4) is 0 Å². The smallest absolute Gasteiger partial charge is 0.160 e. The van der Waals surface area contributed by atoms with Crippen molar-refractivity contribution in [1.82, 2.24) is 14.5 Å². The summed E-state index contributed by atoms with van der Waals surface area (Å²) in [7, 11) is 0. The van der Waals surface area contributed by atoms with Crippen molar-refractivity contribution in [2.75, 3.05) is 0 Å². The van der Waals surface area contributed by atoms with E-state index in [0.717, 1.165) is 17.0 Å². The van der Waals surface area contributed by atoms with Crippen LogP contribution in [0.3, 0.4) is 0 Å². The number of nitrogens with zero attached hydrogens (tertiary/aromatic N) is 3. The largest absolute Gasteiger partial charge is 0.308 e. The van der Waals surface area contributed by atoms with Crippen LogP contribution in [0.2, 0.25) is 0 Å². The molecular formula is C16H22ClN3. The number of pyridine rings is 1. The van der Waals surface area contributed by atoms with Crippen LogP contribution < -0.4 is 0 Å². The molecule has 0 saturated heterocycles. The lowest BCUT2D eigenvalue weighted by Crippen LogP contribution is -2.19. The summed E-state index contributed by atoms with van der Waals surface area (Å²) in [5, 5.41) is -0.0837. The highest BCUT2D eigenvalue weighted by Crippen LogP contribution is 2.37. The highest BCUT2D eigenvalue weighted by molar-refractivity contribution is 6.20. The zero-order valence-corrected chi connectivity index (χ0v) is 13.0. The van der Waals surface area contributed by atoms with Gasteiger partial charge in [-0.05, 0) is 37.8 Å². The van der Waals surface area contributed by atoms with Crippen LogP contribution in [0.15, 0.2) is 18.3 Å². The van der Waals surface area contributed by atoms with Crippen molar-refractivity contribution in [2.24, 2.45) is 5.92 Å². The minimum Gasteiger partial charge on any atom is -0.308 e. The molecule has 1 aliphatic rings. The van der Waals surface area contributed by atoms with Gasteiger partial charge in [-0.25, -0.2) is 9.97 Å². The average Bonchev–Trinajstić information content (AvgIpc) is 2.70. The fourth-order valence-corrected chi connectivity index (χ4v) is 3.57. The zero-order valence-electron chi connectivity index (χ0n) is 12.2. The summed E-state index contributed by atoms with van der Waals surface area (Å²) in [6.07, 6.45) is 8.31. The molecule has 2 aromatic heterocycles. The molecule has 3 unspecified atom stereocenters. The van der Waals surface area contributed by atoms with Gasteiger partial charge in [0, 0.05) is 12.2 Å². The van der Waals surface area contributed by atoms with E-state index in [4.69, 9.17) is 16.6 Å². The molecule has 20 heavy (non-hydrogen) atoms. The van der Waals surface area contributed by atoms with E-state index < -0.39 is 0 Å². The van der Waals surface area contributed by atoms with E-state index in [0.29, 0.717) is 12.0 Å². The van der Waals surface area contributed by atoms with Gasteiger partial charge in [-0.1, -0.05) is 26.2 Å². The predicted molar refractivity (Wildman–Crippen MR) is 83.1 cm³/mol. The molecule has 3 atom stereocenters. The first-order valence-electron chi connectivity index (χ1n) is 7.65. The van der Waals surface area contributed by atoms with E-state index >= 15 is 0 Å². The zero-order chi connectivity index (χ0) is 14.1. The van der Waals surface area contributed by atoms with Crippen LogP contribution in [0.25, 0.3) is 11.2 Å². The Morgan fingerprint density at radius 3 is 2.90 bits per heavy atom. The van der Waals surface area contributed by atoms with Crippen molar-refractivity contribution >= 4 is 22.8 Å². The minimum absolute atomic E-state index is 0.0837. The molecule has 0 aliphatic heterocycles. The molecule has 4 heteroatoms. The molecule has 3 rings (SSSR count). The molecule has 0 radical (unpaired) electrons. The maximum Gasteiger partial charge on any atom is 0.160 e. The summed E-state index contributed by atoms with van der Waals surface area (Å²) in [5.41, 5.74) is 1.96. The quantitative estimate of drug-likeness (QED) is 0.583. The van der Waals surface area contributed by atoms with Gasteiger partial charge in [0.05, 0.1) is 5.38 Å². The number of imidazole rings is 1. The van der Waals surface area contributed by atoms with Gasteiger partial charge in [-0.2, -0.15) is 0 Å². The molecule has 2 heterocycles. The topological polar surface area (TPSA) is 30.7 Å². The number of hydrogen-bond acceptors (Lipinski definition) is 2. The third-order valence-corrected chi connectivity index (χ3v) is 4.67. The lowest BCUT2D eigenvalue weighted by atomic mass is 9.96. The van der Waals surface area contributed by atoms with Gasteiger partial charge in [0.2, 0.25) is 0 Å². The predicted octanol–water partition coefficient (Wildman–Crippen LogP) is 4.87. The molecule has 0 bridgehead atoms. The second-order valence-electron chi connectivity index (χ2n) is 5.98. The highest BCUT2D eigenvalue weighted by Gasteiger charge is 2.27. The molecule has 108 valence electrons. The summed E-state index contributed by atoms with van der Waals surface area (Å²) in [5.74, 6) is 1.63. The number of alkyl halides is 1. The Labute approximate surface area is 125 Å². The molecule has 2 aromatic rings. The van der Waals surface area contributed by atoms with Crippen LogP contribution in [-0.4, -0.2) is 14.5 Å². The SMILES string of the molecule is CC(Cl)c1nc2cccnc2n1C1CCCCCC1C. The van der Waals surface area contributed by atoms with E-state index in [-0.39, 0.29) is 5.38 Å². The van der Waals surface area contributed by atoms with E-state index in [2.05, 4.69) is 16.5 Å². The normalized spacial score (nSPS) is 25.6. The second-order valence-corrected chi connectivity index (χ2v) is 6.64. The average molecular weight is 292 g/mol. The van der Waals surface area contributed by atoms with Crippen molar-refractivity contribution in [3.05, 3.63) is 24.2 Å². The Morgan fingerprint density at radius 2 is 2.10 bits per heavy atom. The number of halogens is 1. The van der Waals surface area contributed by atoms with Crippen molar-refractivity contribution in [2.45, 2.75) is 57.4 Å². The Morgan fingerprint density at radius 1 is 1.30 bits per heavy atom. The number of rotatable bonds is 2. The first kappa shape index (κ1) is 13.9. The maximum absolute atomic E-state index is 6.38. The standard InChI is InChI=1S/C16H22ClN3/c1-11-7-4-3-5-9-14(11)20-15(12(2)17)19-13-8-6-10-18-16(13)20/h6,8,10-12,14H,3-5,7,9H2,1-2H3. The minimum atomic E-state index is -0.0837. The molecule has 0 amide bonds. The summed E-state index contributed by atoms with van der Waals surface area (Å²) >= 11 is 6.38. The molecule has 1 saturated carbocycles. The molecule has 0 N–H and O–H groups in total. The van der Waals surface area contributed by atoms with E-state index in [9.17, 15) is 0 Å². The van der Waals surface area contributed by atoms with Crippen LogP contribution in [0.5, 0.6) is 0 Å². The summed E-state index contributed by atoms with van der Waals surface area (Å²) < 4.78 is 2.32. The molecule has 3 nitrogen and oxygen atoms in total. The first-order chi connectivity index (χ1) is 9.68. The Kier molecular flexibility index (Phi) is 3.97. The van der Waals surface area contributed by atoms with Crippen LogP contribution in [-0.2, 0) is 0 Å². The summed E-state index contributed by atoms with van der Waals surface area (Å²) in [6, 6.07) is 4.45. The second kappa shape index (κ2) is 5.72. The Bertz CT molecular complexity index is 590. The Balaban J connectivity index is 2.14. The van der Waals surface area contributed by atoms with Gasteiger partial charge in [-0.15, -0.1) is 11.6 Å². The van der Waals surface area contributed by atoms with E-state index in [1.165, 1.54) is 32.1 Å². The van der Waals surface area contributed by atoms with Gasteiger partial charge in [0.15, 0.2) is 5.65 Å². The molecule has 0 spiro atoms.